The molecule has 23 heavy (non-hydrogen) atoms. The van der Waals surface area contributed by atoms with E-state index >= 15 is 0 Å². The normalized spacial score (nSPS) is 25.7. The number of aromatic nitrogens is 3. The molecule has 1 spiro atoms. The van der Waals surface area contributed by atoms with Crippen LogP contribution >= 0.6 is 0 Å². The van der Waals surface area contributed by atoms with Gasteiger partial charge in [-0.15, -0.1) is 5.10 Å². The van der Waals surface area contributed by atoms with Crippen LogP contribution < -0.4 is 0 Å². The van der Waals surface area contributed by atoms with Gasteiger partial charge in [-0.05, 0) is 35.2 Å². The molecule has 1 fully saturated rings. The molecule has 2 aromatic carbocycles. The summed E-state index contributed by atoms with van der Waals surface area (Å²) < 4.78 is 7.60. The van der Waals surface area contributed by atoms with Crippen LogP contribution in [0.1, 0.15) is 35.9 Å². The molecule has 2 unspecified atom stereocenters. The molecule has 2 atom stereocenters. The number of fused-ring (bicyclic) bond motifs is 3. The lowest BCUT2D eigenvalue weighted by Gasteiger charge is -2.23. The molecule has 1 aliphatic heterocycles. The van der Waals surface area contributed by atoms with Crippen molar-refractivity contribution in [3.05, 3.63) is 59.4 Å². The zero-order valence-electron chi connectivity index (χ0n) is 12.6. The molecule has 2 aliphatic rings. The first-order chi connectivity index (χ1) is 11.3. The summed E-state index contributed by atoms with van der Waals surface area (Å²) in [6, 6.07) is 14.8. The number of hydrogen-bond donors (Lipinski definition) is 1. The van der Waals surface area contributed by atoms with E-state index in [0.29, 0.717) is 25.3 Å². The molecule has 1 aliphatic carbocycles. The van der Waals surface area contributed by atoms with Gasteiger partial charge in [0, 0.05) is 0 Å². The summed E-state index contributed by atoms with van der Waals surface area (Å²) in [5.74, 6) is 0. The molecule has 2 heterocycles. The first kappa shape index (κ1) is 13.2. The van der Waals surface area contributed by atoms with Gasteiger partial charge < -0.3 is 9.84 Å². The highest BCUT2D eigenvalue weighted by atomic mass is 16.6. The van der Waals surface area contributed by atoms with Crippen LogP contribution in [0.2, 0.25) is 0 Å². The summed E-state index contributed by atoms with van der Waals surface area (Å²) in [6.07, 6.45) is 1.01. The largest absolute Gasteiger partial charge is 0.387 e. The van der Waals surface area contributed by atoms with Gasteiger partial charge in [-0.25, -0.2) is 4.68 Å². The molecule has 1 N–H and O–H groups in total. The quantitative estimate of drug-likeness (QED) is 0.739. The zero-order chi connectivity index (χ0) is 15.4. The van der Waals surface area contributed by atoms with Gasteiger partial charge in [0.05, 0.1) is 24.9 Å². The van der Waals surface area contributed by atoms with Crippen molar-refractivity contribution in [1.29, 1.82) is 0 Å². The van der Waals surface area contributed by atoms with Crippen molar-refractivity contribution in [2.75, 3.05) is 6.61 Å². The number of benzene rings is 2. The Morgan fingerprint density at radius 2 is 2.04 bits per heavy atom. The van der Waals surface area contributed by atoms with Crippen LogP contribution in [-0.4, -0.2) is 26.7 Å². The molecule has 5 nitrogen and oxygen atoms in total. The third-order valence-electron chi connectivity index (χ3n) is 4.97. The van der Waals surface area contributed by atoms with E-state index in [9.17, 15) is 5.11 Å². The van der Waals surface area contributed by atoms with Crippen molar-refractivity contribution < 1.29 is 9.84 Å². The molecule has 5 heteroatoms. The van der Waals surface area contributed by atoms with Crippen LogP contribution in [0.5, 0.6) is 0 Å². The first-order valence-electron chi connectivity index (χ1n) is 7.99. The van der Waals surface area contributed by atoms with Crippen molar-refractivity contribution >= 4 is 10.8 Å². The number of rotatable bonds is 2. The van der Waals surface area contributed by atoms with Gasteiger partial charge in [-0.1, -0.05) is 41.6 Å². The molecule has 1 saturated heterocycles. The van der Waals surface area contributed by atoms with Gasteiger partial charge >= 0.3 is 0 Å². The highest BCUT2D eigenvalue weighted by Gasteiger charge is 2.54. The molecular formula is C18H17N3O2. The van der Waals surface area contributed by atoms with Crippen LogP contribution in [-0.2, 0) is 16.9 Å². The van der Waals surface area contributed by atoms with E-state index in [1.807, 2.05) is 16.8 Å². The molecule has 0 amide bonds. The molecule has 0 radical (unpaired) electrons. The number of aliphatic hydroxyl groups is 1. The summed E-state index contributed by atoms with van der Waals surface area (Å²) in [5.41, 5.74) is 2.57. The fourth-order valence-electron chi connectivity index (χ4n) is 3.63. The molecule has 0 saturated carbocycles. The van der Waals surface area contributed by atoms with Gasteiger partial charge in [0.1, 0.15) is 11.3 Å². The lowest BCUT2D eigenvalue weighted by molar-refractivity contribution is 0.122. The first-order valence-corrected chi connectivity index (χ1v) is 7.99. The van der Waals surface area contributed by atoms with Crippen molar-refractivity contribution in [3.63, 3.8) is 0 Å². The molecule has 5 rings (SSSR count). The van der Waals surface area contributed by atoms with Gasteiger partial charge in [0.2, 0.25) is 0 Å². The Balaban J connectivity index is 1.55. The van der Waals surface area contributed by atoms with Crippen molar-refractivity contribution in [1.82, 2.24) is 15.0 Å². The van der Waals surface area contributed by atoms with E-state index in [-0.39, 0.29) is 5.60 Å². The zero-order valence-corrected chi connectivity index (χ0v) is 12.6. The van der Waals surface area contributed by atoms with Crippen LogP contribution in [0.4, 0.5) is 0 Å². The summed E-state index contributed by atoms with van der Waals surface area (Å²) in [4.78, 5) is 0. The summed E-state index contributed by atoms with van der Waals surface area (Å²) in [5, 5.41) is 21.1. The number of hydrogen-bond acceptors (Lipinski definition) is 4. The number of nitrogens with zero attached hydrogens (tertiary/aromatic N) is 3. The molecule has 3 aromatic rings. The minimum absolute atomic E-state index is 0.255. The highest BCUT2D eigenvalue weighted by molar-refractivity contribution is 5.82. The fraction of sp³-hybridized carbons (Fsp3) is 0.333. The maximum absolute atomic E-state index is 10.2. The second-order valence-corrected chi connectivity index (χ2v) is 6.50. The SMILES string of the molecule is OC1CCC2(CO2)c2c1nnn2Cc1ccc2ccccc2c1. The number of epoxide rings is 1. The van der Waals surface area contributed by atoms with E-state index in [1.54, 1.807) is 0 Å². The van der Waals surface area contributed by atoms with E-state index < -0.39 is 6.10 Å². The smallest absolute Gasteiger partial charge is 0.135 e. The van der Waals surface area contributed by atoms with E-state index in [0.717, 1.165) is 12.1 Å². The third-order valence-corrected chi connectivity index (χ3v) is 4.97. The minimum Gasteiger partial charge on any atom is -0.387 e. The fourth-order valence-corrected chi connectivity index (χ4v) is 3.63. The van der Waals surface area contributed by atoms with Crippen molar-refractivity contribution in [2.45, 2.75) is 31.1 Å². The second-order valence-electron chi connectivity index (χ2n) is 6.50. The number of ether oxygens (including phenoxy) is 1. The Hall–Kier alpha value is -2.24. The van der Waals surface area contributed by atoms with Gasteiger partial charge in [0.25, 0.3) is 0 Å². The van der Waals surface area contributed by atoms with Crippen LogP contribution in [0.3, 0.4) is 0 Å². The van der Waals surface area contributed by atoms with Gasteiger partial charge in [-0.2, -0.15) is 0 Å². The van der Waals surface area contributed by atoms with E-state index in [1.165, 1.54) is 16.3 Å². The predicted octanol–water partition coefficient (Wildman–Crippen LogP) is 2.53. The topological polar surface area (TPSA) is 63.5 Å². The van der Waals surface area contributed by atoms with Crippen LogP contribution in [0.25, 0.3) is 10.8 Å². The molecular weight excluding hydrogens is 290 g/mol. The highest BCUT2D eigenvalue weighted by Crippen LogP contribution is 2.50. The monoisotopic (exact) mass is 307 g/mol. The summed E-state index contributed by atoms with van der Waals surface area (Å²) >= 11 is 0. The van der Waals surface area contributed by atoms with E-state index in [2.05, 4.69) is 40.6 Å². The predicted molar refractivity (Wildman–Crippen MR) is 84.9 cm³/mol. The Bertz CT molecular complexity index is 898. The van der Waals surface area contributed by atoms with Crippen molar-refractivity contribution in [3.8, 4) is 0 Å². The summed E-state index contributed by atoms with van der Waals surface area (Å²) in [6.45, 7) is 1.35. The van der Waals surface area contributed by atoms with Crippen LogP contribution in [0.15, 0.2) is 42.5 Å². The van der Waals surface area contributed by atoms with Crippen LogP contribution in [0, 0.1) is 0 Å². The average molecular weight is 307 g/mol. The number of aliphatic hydroxyl groups excluding tert-OH is 1. The standard InChI is InChI=1S/C18H17N3O2/c22-15-7-8-18(11-23-18)17-16(15)19-20-21(17)10-12-5-6-13-3-1-2-4-14(13)9-12/h1-6,9,15,22H,7-8,10-11H2. The average Bonchev–Trinajstić information content (AvgIpc) is 3.22. The molecule has 0 bridgehead atoms. The lowest BCUT2D eigenvalue weighted by Crippen LogP contribution is -2.24. The molecule has 116 valence electrons. The molecule has 1 aromatic heterocycles. The van der Waals surface area contributed by atoms with Gasteiger partial charge in [-0.3, -0.25) is 0 Å². The Kier molecular flexibility index (Phi) is 2.66. The Morgan fingerprint density at radius 1 is 1.22 bits per heavy atom. The maximum Gasteiger partial charge on any atom is 0.135 e. The minimum atomic E-state index is -0.523. The second kappa shape index (κ2) is 4.63. The Morgan fingerprint density at radius 3 is 2.87 bits per heavy atom. The van der Waals surface area contributed by atoms with Crippen molar-refractivity contribution in [2.24, 2.45) is 0 Å². The van der Waals surface area contributed by atoms with E-state index in [4.69, 9.17) is 4.74 Å². The summed E-state index contributed by atoms with van der Waals surface area (Å²) in [7, 11) is 0. The lowest BCUT2D eigenvalue weighted by atomic mass is 9.88. The van der Waals surface area contributed by atoms with Gasteiger partial charge in [0.15, 0.2) is 0 Å². The Labute approximate surface area is 133 Å². The third kappa shape index (κ3) is 2.00. The maximum atomic E-state index is 10.2.